The van der Waals surface area contributed by atoms with Crippen molar-refractivity contribution in [3.05, 3.63) is 22.4 Å². The quantitative estimate of drug-likeness (QED) is 0.788. The third-order valence-corrected chi connectivity index (χ3v) is 3.90. The number of hydrogen-bond donors (Lipinski definition) is 1. The highest BCUT2D eigenvalue weighted by Crippen LogP contribution is 2.11. The average molecular weight is 342 g/mol. The fraction of sp³-hybridized carbons (Fsp3) is 0.615. The molecule has 0 spiro atoms. The van der Waals surface area contributed by atoms with Crippen LogP contribution >= 0.6 is 36.2 Å². The summed E-state index contributed by atoms with van der Waals surface area (Å²) in [5, 5.41) is 2.03. The first-order chi connectivity index (χ1) is 8.71. The van der Waals surface area contributed by atoms with Gasteiger partial charge in [0, 0.05) is 18.0 Å². The van der Waals surface area contributed by atoms with Crippen LogP contribution < -0.4 is 5.73 Å². The van der Waals surface area contributed by atoms with Crippen LogP contribution in [0, 0.1) is 0 Å². The highest BCUT2D eigenvalue weighted by Gasteiger charge is 2.13. The number of nitrogens with two attached hydrogens (primary N) is 1. The molecule has 0 bridgehead atoms. The molecule has 0 fully saturated rings. The van der Waals surface area contributed by atoms with E-state index in [1.165, 1.54) is 4.88 Å². The molecule has 1 aromatic heterocycles. The highest BCUT2D eigenvalue weighted by atomic mass is 35.5. The number of carbonyl (C=O) groups excluding carboxylic acids is 1. The minimum Gasteiger partial charge on any atom is -0.335 e. The largest absolute Gasteiger partial charge is 0.335 e. The molecule has 1 amide bonds. The molecule has 2 N–H and O–H groups in total. The van der Waals surface area contributed by atoms with Gasteiger partial charge in [0.1, 0.15) is 0 Å². The fourth-order valence-electron chi connectivity index (χ4n) is 1.81. The maximum absolute atomic E-state index is 11.8. The molecule has 0 aliphatic heterocycles. The van der Waals surface area contributed by atoms with Gasteiger partial charge in [-0.2, -0.15) is 0 Å². The van der Waals surface area contributed by atoms with Gasteiger partial charge in [0.2, 0.25) is 5.91 Å². The van der Waals surface area contributed by atoms with E-state index in [0.717, 1.165) is 26.2 Å². The lowest BCUT2D eigenvalue weighted by Crippen LogP contribution is -2.40. The van der Waals surface area contributed by atoms with Crippen molar-refractivity contribution in [2.75, 3.05) is 32.7 Å². The molecule has 0 aliphatic rings. The second kappa shape index (κ2) is 12.4. The van der Waals surface area contributed by atoms with E-state index in [-0.39, 0.29) is 37.3 Å². The van der Waals surface area contributed by atoms with Crippen LogP contribution in [0.4, 0.5) is 0 Å². The van der Waals surface area contributed by atoms with Crippen LogP contribution in [0.15, 0.2) is 17.5 Å². The van der Waals surface area contributed by atoms with E-state index in [9.17, 15) is 4.79 Å². The maximum Gasteiger partial charge on any atom is 0.236 e. The molecular weight excluding hydrogens is 317 g/mol. The molecule has 4 nitrogen and oxygen atoms in total. The molecule has 0 saturated carbocycles. The Morgan fingerprint density at radius 3 is 2.35 bits per heavy atom. The zero-order valence-corrected chi connectivity index (χ0v) is 14.5. The van der Waals surface area contributed by atoms with Gasteiger partial charge in [0.15, 0.2) is 0 Å². The van der Waals surface area contributed by atoms with Crippen LogP contribution in [-0.4, -0.2) is 48.4 Å². The summed E-state index contributed by atoms with van der Waals surface area (Å²) in [7, 11) is 0. The first-order valence-electron chi connectivity index (χ1n) is 6.43. The van der Waals surface area contributed by atoms with Crippen molar-refractivity contribution in [3.63, 3.8) is 0 Å². The summed E-state index contributed by atoms with van der Waals surface area (Å²) in [6.45, 7) is 8.72. The number of hydrogen-bond acceptors (Lipinski definition) is 4. The lowest BCUT2D eigenvalue weighted by atomic mass is 10.3. The molecule has 1 aromatic rings. The number of amides is 1. The predicted molar refractivity (Wildman–Crippen MR) is 91.1 cm³/mol. The van der Waals surface area contributed by atoms with Crippen molar-refractivity contribution in [2.45, 2.75) is 20.4 Å². The van der Waals surface area contributed by atoms with Crippen LogP contribution in [0.5, 0.6) is 0 Å². The molecule has 0 aliphatic carbocycles. The van der Waals surface area contributed by atoms with Crippen LogP contribution in [0.1, 0.15) is 18.7 Å². The van der Waals surface area contributed by atoms with Crippen molar-refractivity contribution in [1.82, 2.24) is 9.80 Å². The van der Waals surface area contributed by atoms with Crippen molar-refractivity contribution >= 4 is 42.1 Å². The summed E-state index contributed by atoms with van der Waals surface area (Å²) in [4.78, 5) is 17.2. The molecule has 0 aromatic carbocycles. The van der Waals surface area contributed by atoms with Gasteiger partial charge in [-0.25, -0.2) is 0 Å². The van der Waals surface area contributed by atoms with Gasteiger partial charge in [-0.15, -0.1) is 36.2 Å². The standard InChI is InChI=1S/C13H23N3OS.2ClH/c1-3-15(4-2)7-8-16(13(17)10-14)11-12-6-5-9-18-12;;/h5-6,9H,3-4,7-8,10-11,14H2,1-2H3;2*1H. The highest BCUT2D eigenvalue weighted by molar-refractivity contribution is 7.09. The van der Waals surface area contributed by atoms with Crippen molar-refractivity contribution in [3.8, 4) is 0 Å². The predicted octanol–water partition coefficient (Wildman–Crippen LogP) is 2.22. The van der Waals surface area contributed by atoms with Gasteiger partial charge < -0.3 is 15.5 Å². The third kappa shape index (κ3) is 7.45. The molecule has 0 saturated heterocycles. The van der Waals surface area contributed by atoms with E-state index in [4.69, 9.17) is 5.73 Å². The first kappa shape index (κ1) is 22.0. The van der Waals surface area contributed by atoms with E-state index in [0.29, 0.717) is 6.54 Å². The maximum atomic E-state index is 11.8. The van der Waals surface area contributed by atoms with Gasteiger partial charge in [0.05, 0.1) is 13.1 Å². The Morgan fingerprint density at radius 1 is 1.25 bits per heavy atom. The Hall–Kier alpha value is -0.330. The van der Waals surface area contributed by atoms with Crippen molar-refractivity contribution < 1.29 is 4.79 Å². The molecule has 1 rings (SSSR count). The SMILES string of the molecule is CCN(CC)CCN(Cc1cccs1)C(=O)CN.Cl.Cl. The zero-order chi connectivity index (χ0) is 13.4. The van der Waals surface area contributed by atoms with E-state index < -0.39 is 0 Å². The number of carbonyl (C=O) groups is 1. The summed E-state index contributed by atoms with van der Waals surface area (Å²) >= 11 is 1.68. The van der Waals surface area contributed by atoms with E-state index >= 15 is 0 Å². The number of nitrogens with zero attached hydrogens (tertiary/aromatic N) is 2. The Morgan fingerprint density at radius 2 is 1.90 bits per heavy atom. The zero-order valence-electron chi connectivity index (χ0n) is 12.1. The summed E-state index contributed by atoms with van der Waals surface area (Å²) < 4.78 is 0. The van der Waals surface area contributed by atoms with E-state index in [1.54, 1.807) is 11.3 Å². The van der Waals surface area contributed by atoms with E-state index in [2.05, 4.69) is 24.8 Å². The Bertz CT molecular complexity index is 345. The Kier molecular flexibility index (Phi) is 13.6. The smallest absolute Gasteiger partial charge is 0.236 e. The molecule has 1 heterocycles. The Labute approximate surface area is 138 Å². The number of likely N-dealkylation sites (N-methyl/N-ethyl adjacent to an activating group) is 1. The van der Waals surface area contributed by atoms with Gasteiger partial charge in [-0.1, -0.05) is 19.9 Å². The third-order valence-electron chi connectivity index (χ3n) is 3.03. The van der Waals surface area contributed by atoms with Gasteiger partial charge >= 0.3 is 0 Å². The topological polar surface area (TPSA) is 49.6 Å². The number of halogens is 2. The summed E-state index contributed by atoms with van der Waals surface area (Å²) in [5.41, 5.74) is 5.47. The minimum absolute atomic E-state index is 0. The minimum atomic E-state index is 0. The lowest BCUT2D eigenvalue weighted by Gasteiger charge is -2.25. The number of thiophene rings is 1. The monoisotopic (exact) mass is 341 g/mol. The van der Waals surface area contributed by atoms with Crippen molar-refractivity contribution in [2.24, 2.45) is 5.73 Å². The van der Waals surface area contributed by atoms with Gasteiger partial charge in [-0.3, -0.25) is 4.79 Å². The molecule has 0 unspecified atom stereocenters. The lowest BCUT2D eigenvalue weighted by molar-refractivity contribution is -0.130. The van der Waals surface area contributed by atoms with Crippen molar-refractivity contribution in [1.29, 1.82) is 0 Å². The molecular formula is C13H25Cl2N3OS. The van der Waals surface area contributed by atoms with Crippen LogP contribution in [0.25, 0.3) is 0 Å². The van der Waals surface area contributed by atoms with Gasteiger partial charge in [0.25, 0.3) is 0 Å². The molecule has 7 heteroatoms. The molecule has 118 valence electrons. The summed E-state index contributed by atoms with van der Waals surface area (Å²) in [6, 6.07) is 4.06. The molecule has 20 heavy (non-hydrogen) atoms. The summed E-state index contributed by atoms with van der Waals surface area (Å²) in [5.74, 6) is 0.0237. The fourth-order valence-corrected chi connectivity index (χ4v) is 2.53. The van der Waals surface area contributed by atoms with Gasteiger partial charge in [-0.05, 0) is 24.5 Å². The average Bonchev–Trinajstić information content (AvgIpc) is 2.90. The summed E-state index contributed by atoms with van der Waals surface area (Å²) in [6.07, 6.45) is 0. The van der Waals surface area contributed by atoms with E-state index in [1.807, 2.05) is 16.3 Å². The second-order valence-electron chi connectivity index (χ2n) is 4.13. The van der Waals surface area contributed by atoms with Crippen LogP contribution in [0.3, 0.4) is 0 Å². The number of rotatable bonds is 8. The normalized spacial score (nSPS) is 9.80. The molecule has 0 atom stereocenters. The molecule has 0 radical (unpaired) electrons. The van der Waals surface area contributed by atoms with Crippen LogP contribution in [-0.2, 0) is 11.3 Å². The second-order valence-corrected chi connectivity index (χ2v) is 5.16. The van der Waals surface area contributed by atoms with Crippen LogP contribution in [0.2, 0.25) is 0 Å². The Balaban J connectivity index is 0. The first-order valence-corrected chi connectivity index (χ1v) is 7.31.